The van der Waals surface area contributed by atoms with Crippen molar-refractivity contribution in [2.75, 3.05) is 0 Å². The molecule has 0 aliphatic heterocycles. The number of carbonyl (C=O) groups excluding carboxylic acids is 1. The molecule has 0 fully saturated rings. The molecule has 0 aliphatic carbocycles. The highest BCUT2D eigenvalue weighted by Crippen LogP contribution is 2.32. The predicted molar refractivity (Wildman–Crippen MR) is 102 cm³/mol. The Labute approximate surface area is 149 Å². The minimum atomic E-state index is -0.397. The van der Waals surface area contributed by atoms with E-state index in [1.165, 1.54) is 0 Å². The first kappa shape index (κ1) is 17.1. The SMILES string of the molecule is CC(C)(C)c1ccccc1C(=O)C(c1ccccc1)c1ccccn1. The van der Waals surface area contributed by atoms with Gasteiger partial charge in [0.2, 0.25) is 0 Å². The molecule has 1 heterocycles. The van der Waals surface area contributed by atoms with Gasteiger partial charge in [0.25, 0.3) is 0 Å². The summed E-state index contributed by atoms with van der Waals surface area (Å²) in [6, 6.07) is 23.5. The Balaban J connectivity index is 2.14. The monoisotopic (exact) mass is 329 g/mol. The van der Waals surface area contributed by atoms with Crippen LogP contribution in [0.4, 0.5) is 0 Å². The third-order valence-electron chi connectivity index (χ3n) is 4.38. The molecule has 3 rings (SSSR count). The molecule has 0 amide bonds. The molecule has 25 heavy (non-hydrogen) atoms. The van der Waals surface area contributed by atoms with Gasteiger partial charge in [-0.05, 0) is 28.7 Å². The Hall–Kier alpha value is -2.74. The summed E-state index contributed by atoms with van der Waals surface area (Å²) in [5.74, 6) is -0.304. The summed E-state index contributed by atoms with van der Waals surface area (Å²) < 4.78 is 0. The zero-order chi connectivity index (χ0) is 17.9. The van der Waals surface area contributed by atoms with Crippen LogP contribution in [0.2, 0.25) is 0 Å². The lowest BCUT2D eigenvalue weighted by Gasteiger charge is -2.24. The van der Waals surface area contributed by atoms with Gasteiger partial charge >= 0.3 is 0 Å². The summed E-state index contributed by atoms with van der Waals surface area (Å²) in [6.07, 6.45) is 1.74. The van der Waals surface area contributed by atoms with Crippen LogP contribution in [0, 0.1) is 0 Å². The minimum Gasteiger partial charge on any atom is -0.293 e. The van der Waals surface area contributed by atoms with Crippen LogP contribution in [-0.4, -0.2) is 10.8 Å². The molecule has 0 saturated carbocycles. The van der Waals surface area contributed by atoms with Gasteiger partial charge in [-0.15, -0.1) is 0 Å². The first-order valence-electron chi connectivity index (χ1n) is 8.58. The molecule has 2 nitrogen and oxygen atoms in total. The van der Waals surface area contributed by atoms with Gasteiger partial charge in [0, 0.05) is 11.8 Å². The van der Waals surface area contributed by atoms with Gasteiger partial charge in [0.15, 0.2) is 5.78 Å². The van der Waals surface area contributed by atoms with Gasteiger partial charge in [-0.25, -0.2) is 0 Å². The summed E-state index contributed by atoms with van der Waals surface area (Å²) in [5.41, 5.74) is 3.49. The predicted octanol–water partition coefficient (Wildman–Crippen LogP) is 5.39. The number of carbonyl (C=O) groups is 1. The highest BCUT2D eigenvalue weighted by atomic mass is 16.1. The Morgan fingerprint density at radius 2 is 1.48 bits per heavy atom. The van der Waals surface area contributed by atoms with Crippen LogP contribution in [0.15, 0.2) is 79.0 Å². The molecule has 1 aromatic heterocycles. The van der Waals surface area contributed by atoms with Gasteiger partial charge in [0.1, 0.15) is 0 Å². The molecule has 0 saturated heterocycles. The van der Waals surface area contributed by atoms with Crippen molar-refractivity contribution in [3.05, 3.63) is 101 Å². The number of Topliss-reactive ketones (excluding diaryl/α,β-unsaturated/α-hetero) is 1. The van der Waals surface area contributed by atoms with E-state index in [9.17, 15) is 4.79 Å². The van der Waals surface area contributed by atoms with Crippen LogP contribution in [0.3, 0.4) is 0 Å². The number of hydrogen-bond donors (Lipinski definition) is 0. The molecule has 2 aromatic carbocycles. The normalized spacial score (nSPS) is 12.6. The minimum absolute atomic E-state index is 0.0930. The number of aromatic nitrogens is 1. The largest absolute Gasteiger partial charge is 0.293 e. The average Bonchev–Trinajstić information content (AvgIpc) is 2.63. The average molecular weight is 329 g/mol. The van der Waals surface area contributed by atoms with Crippen LogP contribution in [0.1, 0.15) is 53.9 Å². The summed E-state index contributed by atoms with van der Waals surface area (Å²) in [7, 11) is 0. The van der Waals surface area contributed by atoms with Crippen molar-refractivity contribution in [2.45, 2.75) is 32.1 Å². The quantitative estimate of drug-likeness (QED) is 0.600. The third-order valence-corrected chi connectivity index (χ3v) is 4.38. The highest BCUT2D eigenvalue weighted by molar-refractivity contribution is 6.04. The van der Waals surface area contributed by atoms with Crippen LogP contribution in [-0.2, 0) is 5.41 Å². The van der Waals surface area contributed by atoms with Crippen molar-refractivity contribution in [2.24, 2.45) is 0 Å². The molecule has 0 bridgehead atoms. The van der Waals surface area contributed by atoms with E-state index >= 15 is 0 Å². The van der Waals surface area contributed by atoms with Crippen molar-refractivity contribution < 1.29 is 4.79 Å². The third kappa shape index (κ3) is 3.69. The summed E-state index contributed by atoms with van der Waals surface area (Å²) in [6.45, 7) is 6.41. The molecule has 1 atom stereocenters. The molecule has 0 aliphatic rings. The molecule has 126 valence electrons. The van der Waals surface area contributed by atoms with E-state index in [2.05, 4.69) is 25.8 Å². The lowest BCUT2D eigenvalue weighted by atomic mass is 9.79. The van der Waals surface area contributed by atoms with E-state index in [1.54, 1.807) is 6.20 Å². The van der Waals surface area contributed by atoms with E-state index in [0.717, 1.165) is 22.4 Å². The van der Waals surface area contributed by atoms with Crippen molar-refractivity contribution in [3.63, 3.8) is 0 Å². The first-order valence-corrected chi connectivity index (χ1v) is 8.58. The molecule has 0 spiro atoms. The van der Waals surface area contributed by atoms with Gasteiger partial charge in [-0.2, -0.15) is 0 Å². The second-order valence-corrected chi connectivity index (χ2v) is 7.26. The van der Waals surface area contributed by atoms with Gasteiger partial charge in [-0.1, -0.05) is 81.4 Å². The van der Waals surface area contributed by atoms with Crippen molar-refractivity contribution >= 4 is 5.78 Å². The molecular formula is C23H23NO. The van der Waals surface area contributed by atoms with Gasteiger partial charge in [-0.3, -0.25) is 9.78 Å². The van der Waals surface area contributed by atoms with Crippen molar-refractivity contribution in [1.82, 2.24) is 4.98 Å². The fourth-order valence-electron chi connectivity index (χ4n) is 3.16. The molecular weight excluding hydrogens is 306 g/mol. The second-order valence-electron chi connectivity index (χ2n) is 7.26. The van der Waals surface area contributed by atoms with E-state index < -0.39 is 5.92 Å². The lowest BCUT2D eigenvalue weighted by Crippen LogP contribution is -2.22. The van der Waals surface area contributed by atoms with E-state index in [0.29, 0.717) is 0 Å². The fourth-order valence-corrected chi connectivity index (χ4v) is 3.16. The number of rotatable bonds is 4. The van der Waals surface area contributed by atoms with E-state index in [-0.39, 0.29) is 11.2 Å². The number of ketones is 1. The Bertz CT molecular complexity index is 809. The number of pyridine rings is 1. The molecule has 3 aromatic rings. The smallest absolute Gasteiger partial charge is 0.176 e. The highest BCUT2D eigenvalue weighted by Gasteiger charge is 2.29. The van der Waals surface area contributed by atoms with Crippen LogP contribution < -0.4 is 0 Å². The lowest BCUT2D eigenvalue weighted by molar-refractivity contribution is 0.0970. The number of hydrogen-bond acceptors (Lipinski definition) is 2. The number of nitrogens with zero attached hydrogens (tertiary/aromatic N) is 1. The van der Waals surface area contributed by atoms with Gasteiger partial charge in [0.05, 0.1) is 11.6 Å². The second kappa shape index (κ2) is 7.02. The van der Waals surface area contributed by atoms with Crippen LogP contribution in [0.25, 0.3) is 0 Å². The standard InChI is InChI=1S/C23H23NO/c1-23(2,3)19-14-8-7-13-18(19)22(25)21(17-11-5-4-6-12-17)20-15-9-10-16-24-20/h4-16,21H,1-3H3. The molecule has 0 N–H and O–H groups in total. The Morgan fingerprint density at radius 1 is 0.840 bits per heavy atom. The summed E-state index contributed by atoms with van der Waals surface area (Å²) in [5, 5.41) is 0. The number of benzene rings is 2. The van der Waals surface area contributed by atoms with Crippen molar-refractivity contribution in [3.8, 4) is 0 Å². The van der Waals surface area contributed by atoms with E-state index in [4.69, 9.17) is 0 Å². The molecule has 1 unspecified atom stereocenters. The summed E-state index contributed by atoms with van der Waals surface area (Å²) >= 11 is 0. The molecule has 0 radical (unpaired) electrons. The van der Waals surface area contributed by atoms with Crippen LogP contribution >= 0.6 is 0 Å². The first-order chi connectivity index (χ1) is 12.0. The van der Waals surface area contributed by atoms with Crippen LogP contribution in [0.5, 0.6) is 0 Å². The zero-order valence-electron chi connectivity index (χ0n) is 14.9. The maximum absolute atomic E-state index is 13.6. The maximum Gasteiger partial charge on any atom is 0.176 e. The topological polar surface area (TPSA) is 30.0 Å². The van der Waals surface area contributed by atoms with E-state index in [1.807, 2.05) is 72.8 Å². The molecule has 2 heteroatoms. The van der Waals surface area contributed by atoms with Crippen molar-refractivity contribution in [1.29, 1.82) is 0 Å². The maximum atomic E-state index is 13.6. The zero-order valence-corrected chi connectivity index (χ0v) is 14.9. The summed E-state index contributed by atoms with van der Waals surface area (Å²) in [4.78, 5) is 18.0. The van der Waals surface area contributed by atoms with Gasteiger partial charge < -0.3 is 0 Å². The Kier molecular flexibility index (Phi) is 4.80. The fraction of sp³-hybridized carbons (Fsp3) is 0.217. The Morgan fingerprint density at radius 3 is 2.12 bits per heavy atom.